The maximum Gasteiger partial charge on any atom is 0.194 e. The van der Waals surface area contributed by atoms with E-state index in [1.165, 1.54) is 12.3 Å². The summed E-state index contributed by atoms with van der Waals surface area (Å²) in [5, 5.41) is 2.05. The zero-order chi connectivity index (χ0) is 11.1. The molecule has 0 amide bonds. The van der Waals surface area contributed by atoms with E-state index >= 15 is 0 Å². The van der Waals surface area contributed by atoms with Crippen LogP contribution < -0.4 is 0 Å². The molecule has 0 radical (unpaired) electrons. The minimum Gasteiger partial charge on any atom is -0.294 e. The van der Waals surface area contributed by atoms with E-state index in [1.54, 1.807) is 17.4 Å². The van der Waals surface area contributed by atoms with Crippen molar-refractivity contribution in [3.63, 3.8) is 0 Å². The molecule has 0 bridgehead atoms. The first kappa shape index (κ1) is 9.47. The van der Waals surface area contributed by atoms with Crippen molar-refractivity contribution >= 4 is 16.3 Å². The van der Waals surface area contributed by atoms with Gasteiger partial charge in [0.2, 0.25) is 0 Å². The van der Waals surface area contributed by atoms with E-state index in [0.29, 0.717) is 5.69 Å². The average molecular weight is 233 g/mol. The van der Waals surface area contributed by atoms with E-state index in [-0.39, 0.29) is 5.82 Å². The number of fused-ring (bicyclic) bond motifs is 1. The summed E-state index contributed by atoms with van der Waals surface area (Å²) in [5.74, 6) is -0.332. The molecular formula is C11H8FN3S. The topological polar surface area (TPSA) is 30.2 Å². The standard InChI is InChI=1S/C11H8FN3S/c1-7-6-16-11-14-10(5-15(7)11)9-3-2-8(12)4-13-9/h2-6H,1H3. The van der Waals surface area contributed by atoms with Crippen LogP contribution in [-0.2, 0) is 0 Å². The Kier molecular flexibility index (Phi) is 2.00. The molecule has 3 nitrogen and oxygen atoms in total. The molecule has 0 saturated carbocycles. The van der Waals surface area contributed by atoms with Crippen molar-refractivity contribution in [3.8, 4) is 11.4 Å². The molecule has 0 aliphatic rings. The van der Waals surface area contributed by atoms with Gasteiger partial charge in [-0.2, -0.15) is 0 Å². The highest BCUT2D eigenvalue weighted by molar-refractivity contribution is 7.15. The van der Waals surface area contributed by atoms with Gasteiger partial charge in [0.15, 0.2) is 4.96 Å². The second-order valence-corrected chi connectivity index (χ2v) is 4.35. The number of aryl methyl sites for hydroxylation is 1. The number of hydrogen-bond acceptors (Lipinski definition) is 3. The molecule has 80 valence electrons. The van der Waals surface area contributed by atoms with Gasteiger partial charge in [-0.3, -0.25) is 9.38 Å². The lowest BCUT2D eigenvalue weighted by Crippen LogP contribution is -1.84. The molecule has 0 aromatic carbocycles. The third-order valence-electron chi connectivity index (χ3n) is 2.38. The van der Waals surface area contributed by atoms with Crippen LogP contribution in [0.5, 0.6) is 0 Å². The fraction of sp³-hybridized carbons (Fsp3) is 0.0909. The summed E-state index contributed by atoms with van der Waals surface area (Å²) in [6.07, 6.45) is 3.12. The van der Waals surface area contributed by atoms with Gasteiger partial charge < -0.3 is 0 Å². The van der Waals surface area contributed by atoms with Crippen molar-refractivity contribution in [2.75, 3.05) is 0 Å². The lowest BCUT2D eigenvalue weighted by atomic mass is 10.3. The van der Waals surface area contributed by atoms with Gasteiger partial charge in [0.25, 0.3) is 0 Å². The number of aromatic nitrogens is 3. The van der Waals surface area contributed by atoms with Crippen molar-refractivity contribution in [1.29, 1.82) is 0 Å². The molecular weight excluding hydrogens is 225 g/mol. The van der Waals surface area contributed by atoms with E-state index in [0.717, 1.165) is 16.3 Å². The Bertz CT molecular complexity index is 639. The fourth-order valence-electron chi connectivity index (χ4n) is 1.54. The van der Waals surface area contributed by atoms with Crippen LogP contribution in [0.3, 0.4) is 0 Å². The highest BCUT2D eigenvalue weighted by Crippen LogP contribution is 2.21. The van der Waals surface area contributed by atoms with Gasteiger partial charge in [-0.1, -0.05) is 0 Å². The van der Waals surface area contributed by atoms with Crippen LogP contribution in [0.1, 0.15) is 5.69 Å². The molecule has 3 heterocycles. The fourth-order valence-corrected chi connectivity index (χ4v) is 2.40. The SMILES string of the molecule is Cc1csc2nc(-c3ccc(F)cn3)cn12. The van der Waals surface area contributed by atoms with Crippen LogP contribution in [-0.4, -0.2) is 14.4 Å². The van der Waals surface area contributed by atoms with E-state index in [9.17, 15) is 4.39 Å². The minimum atomic E-state index is -0.332. The second-order valence-electron chi connectivity index (χ2n) is 3.52. The van der Waals surface area contributed by atoms with Crippen molar-refractivity contribution in [3.05, 3.63) is 41.4 Å². The Morgan fingerprint density at radius 3 is 2.88 bits per heavy atom. The van der Waals surface area contributed by atoms with Crippen molar-refractivity contribution in [2.24, 2.45) is 0 Å². The predicted octanol–water partition coefficient (Wildman–Crippen LogP) is 2.91. The molecule has 0 N–H and O–H groups in total. The molecule has 5 heteroatoms. The third kappa shape index (κ3) is 1.40. The Hall–Kier alpha value is -1.75. The summed E-state index contributed by atoms with van der Waals surface area (Å²) in [5.41, 5.74) is 2.60. The van der Waals surface area contributed by atoms with Gasteiger partial charge in [-0.05, 0) is 19.1 Å². The van der Waals surface area contributed by atoms with Gasteiger partial charge in [-0.25, -0.2) is 9.37 Å². The van der Waals surface area contributed by atoms with Crippen LogP contribution in [0.25, 0.3) is 16.3 Å². The first-order valence-corrected chi connectivity index (χ1v) is 5.67. The van der Waals surface area contributed by atoms with E-state index in [1.807, 2.05) is 22.9 Å². The largest absolute Gasteiger partial charge is 0.294 e. The maximum absolute atomic E-state index is 12.7. The quantitative estimate of drug-likeness (QED) is 0.647. The van der Waals surface area contributed by atoms with Crippen molar-refractivity contribution < 1.29 is 4.39 Å². The monoisotopic (exact) mass is 233 g/mol. The summed E-state index contributed by atoms with van der Waals surface area (Å²) in [6, 6.07) is 3.03. The first-order valence-electron chi connectivity index (χ1n) is 4.79. The number of imidazole rings is 1. The highest BCUT2D eigenvalue weighted by atomic mass is 32.1. The normalized spacial score (nSPS) is 11.1. The van der Waals surface area contributed by atoms with Gasteiger partial charge in [0, 0.05) is 17.3 Å². The summed E-state index contributed by atoms with van der Waals surface area (Å²) < 4.78 is 14.7. The number of halogens is 1. The van der Waals surface area contributed by atoms with Gasteiger partial charge in [0.05, 0.1) is 11.9 Å². The second kappa shape index (κ2) is 3.38. The lowest BCUT2D eigenvalue weighted by Gasteiger charge is -1.93. The zero-order valence-corrected chi connectivity index (χ0v) is 9.33. The number of nitrogens with zero attached hydrogens (tertiary/aromatic N) is 3. The molecule has 3 rings (SSSR count). The van der Waals surface area contributed by atoms with Gasteiger partial charge in [-0.15, -0.1) is 11.3 Å². The van der Waals surface area contributed by atoms with E-state index in [2.05, 4.69) is 9.97 Å². The minimum absolute atomic E-state index is 0.332. The molecule has 0 unspecified atom stereocenters. The molecule has 3 aromatic heterocycles. The molecule has 0 fully saturated rings. The Labute approximate surface area is 95.2 Å². The lowest BCUT2D eigenvalue weighted by molar-refractivity contribution is 0.622. The predicted molar refractivity (Wildman–Crippen MR) is 61.0 cm³/mol. The van der Waals surface area contributed by atoms with Crippen molar-refractivity contribution in [1.82, 2.24) is 14.4 Å². The molecule has 0 spiro atoms. The Balaban J connectivity index is 2.15. The van der Waals surface area contributed by atoms with Crippen molar-refractivity contribution in [2.45, 2.75) is 6.92 Å². The number of hydrogen-bond donors (Lipinski definition) is 0. The smallest absolute Gasteiger partial charge is 0.194 e. The van der Waals surface area contributed by atoms with Crippen LogP contribution in [0.2, 0.25) is 0 Å². The molecule has 0 aliphatic heterocycles. The average Bonchev–Trinajstić information content (AvgIpc) is 2.83. The summed E-state index contributed by atoms with van der Waals surface area (Å²) in [4.78, 5) is 9.37. The summed E-state index contributed by atoms with van der Waals surface area (Å²) in [6.45, 7) is 2.02. The summed E-state index contributed by atoms with van der Waals surface area (Å²) in [7, 11) is 0. The molecule has 0 aliphatic carbocycles. The molecule has 3 aromatic rings. The van der Waals surface area contributed by atoms with E-state index < -0.39 is 0 Å². The number of thiazole rings is 1. The van der Waals surface area contributed by atoms with Crippen LogP contribution in [0, 0.1) is 12.7 Å². The number of rotatable bonds is 1. The van der Waals surface area contributed by atoms with Crippen LogP contribution in [0.4, 0.5) is 4.39 Å². The summed E-state index contributed by atoms with van der Waals surface area (Å²) >= 11 is 1.58. The van der Waals surface area contributed by atoms with Crippen LogP contribution >= 0.6 is 11.3 Å². The third-order valence-corrected chi connectivity index (χ3v) is 3.34. The molecule has 16 heavy (non-hydrogen) atoms. The maximum atomic E-state index is 12.7. The number of pyridine rings is 1. The van der Waals surface area contributed by atoms with Crippen LogP contribution in [0.15, 0.2) is 29.9 Å². The zero-order valence-electron chi connectivity index (χ0n) is 8.51. The first-order chi connectivity index (χ1) is 7.74. The molecule has 0 saturated heterocycles. The Morgan fingerprint density at radius 1 is 1.31 bits per heavy atom. The van der Waals surface area contributed by atoms with Gasteiger partial charge in [0.1, 0.15) is 11.5 Å². The highest BCUT2D eigenvalue weighted by Gasteiger charge is 2.08. The van der Waals surface area contributed by atoms with Gasteiger partial charge >= 0.3 is 0 Å². The Morgan fingerprint density at radius 2 is 2.19 bits per heavy atom. The molecule has 0 atom stereocenters. The van der Waals surface area contributed by atoms with E-state index in [4.69, 9.17) is 0 Å².